The number of carbonyl (C=O) groups is 1. The van der Waals surface area contributed by atoms with Gasteiger partial charge in [-0.1, -0.05) is 26.2 Å². The SMILES string of the molecule is CCNC(=NCC1(N2CCOCC2)CCCCC1)NCCC(=O)N1CCCC(C)C1. The monoisotopic (exact) mass is 421 g/mol. The fourth-order valence-corrected chi connectivity index (χ4v) is 5.25. The Kier molecular flexibility index (Phi) is 9.25. The average molecular weight is 422 g/mol. The van der Waals surface area contributed by atoms with E-state index in [0.717, 1.165) is 64.9 Å². The topological polar surface area (TPSA) is 69.2 Å². The van der Waals surface area contributed by atoms with Gasteiger partial charge in [0, 0.05) is 51.2 Å². The van der Waals surface area contributed by atoms with E-state index in [1.54, 1.807) is 0 Å². The molecule has 0 aromatic heterocycles. The molecule has 1 amide bonds. The third-order valence-corrected chi connectivity index (χ3v) is 6.98. The highest BCUT2D eigenvalue weighted by Gasteiger charge is 2.38. The van der Waals surface area contributed by atoms with Crippen LogP contribution in [0.25, 0.3) is 0 Å². The minimum atomic E-state index is 0.171. The highest BCUT2D eigenvalue weighted by Crippen LogP contribution is 2.34. The molecule has 30 heavy (non-hydrogen) atoms. The van der Waals surface area contributed by atoms with E-state index in [9.17, 15) is 4.79 Å². The van der Waals surface area contributed by atoms with Crippen LogP contribution >= 0.6 is 0 Å². The van der Waals surface area contributed by atoms with Crippen LogP contribution in [-0.4, -0.2) is 86.2 Å². The fraction of sp³-hybridized carbons (Fsp3) is 0.913. The summed E-state index contributed by atoms with van der Waals surface area (Å²) in [5.74, 6) is 1.74. The Balaban J connectivity index is 1.53. The van der Waals surface area contributed by atoms with E-state index in [4.69, 9.17) is 9.73 Å². The second-order valence-corrected chi connectivity index (χ2v) is 9.34. The molecule has 2 N–H and O–H groups in total. The molecule has 1 unspecified atom stereocenters. The van der Waals surface area contributed by atoms with Gasteiger partial charge >= 0.3 is 0 Å². The number of morpholine rings is 1. The molecule has 0 radical (unpaired) electrons. The minimum absolute atomic E-state index is 0.171. The number of ether oxygens (including phenoxy) is 1. The van der Waals surface area contributed by atoms with Gasteiger partial charge in [0.15, 0.2) is 5.96 Å². The van der Waals surface area contributed by atoms with Crippen LogP contribution in [0.4, 0.5) is 0 Å². The normalized spacial score (nSPS) is 25.7. The summed E-state index contributed by atoms with van der Waals surface area (Å²) >= 11 is 0. The second-order valence-electron chi connectivity index (χ2n) is 9.34. The lowest BCUT2D eigenvalue weighted by atomic mass is 9.80. The maximum atomic E-state index is 12.6. The van der Waals surface area contributed by atoms with Crippen molar-refractivity contribution in [2.24, 2.45) is 10.9 Å². The van der Waals surface area contributed by atoms with Crippen LogP contribution in [-0.2, 0) is 9.53 Å². The van der Waals surface area contributed by atoms with Crippen LogP contribution in [0.5, 0.6) is 0 Å². The Morgan fingerprint density at radius 3 is 2.57 bits per heavy atom. The van der Waals surface area contributed by atoms with Gasteiger partial charge in [0.1, 0.15) is 0 Å². The fourth-order valence-electron chi connectivity index (χ4n) is 5.25. The predicted molar refractivity (Wildman–Crippen MR) is 122 cm³/mol. The van der Waals surface area contributed by atoms with Crippen molar-refractivity contribution in [2.75, 3.05) is 59.0 Å². The smallest absolute Gasteiger partial charge is 0.224 e. The summed E-state index contributed by atoms with van der Waals surface area (Å²) in [7, 11) is 0. The molecule has 7 heteroatoms. The molecule has 3 rings (SSSR count). The predicted octanol–water partition coefficient (Wildman–Crippen LogP) is 2.23. The van der Waals surface area contributed by atoms with Crippen LogP contribution in [0.1, 0.15) is 65.2 Å². The van der Waals surface area contributed by atoms with Gasteiger partial charge in [-0.15, -0.1) is 0 Å². The molecule has 172 valence electrons. The number of nitrogens with one attached hydrogen (secondary N) is 2. The Labute approximate surface area is 183 Å². The molecule has 2 aliphatic heterocycles. The van der Waals surface area contributed by atoms with Gasteiger partial charge in [-0.3, -0.25) is 14.7 Å². The molecular weight excluding hydrogens is 378 g/mol. The van der Waals surface area contributed by atoms with Crippen molar-refractivity contribution in [1.29, 1.82) is 0 Å². The van der Waals surface area contributed by atoms with Crippen molar-refractivity contribution in [3.05, 3.63) is 0 Å². The lowest BCUT2D eigenvalue weighted by Gasteiger charge is -2.47. The van der Waals surface area contributed by atoms with Gasteiger partial charge in [0.25, 0.3) is 0 Å². The van der Waals surface area contributed by atoms with E-state index in [2.05, 4.69) is 29.4 Å². The highest BCUT2D eigenvalue weighted by molar-refractivity contribution is 5.81. The van der Waals surface area contributed by atoms with Crippen molar-refractivity contribution in [3.8, 4) is 0 Å². The quantitative estimate of drug-likeness (QED) is 0.487. The summed E-state index contributed by atoms with van der Waals surface area (Å²) in [4.78, 5) is 22.2. The number of rotatable bonds is 7. The Morgan fingerprint density at radius 1 is 1.10 bits per heavy atom. The van der Waals surface area contributed by atoms with E-state index < -0.39 is 0 Å². The minimum Gasteiger partial charge on any atom is -0.379 e. The van der Waals surface area contributed by atoms with E-state index in [1.165, 1.54) is 38.5 Å². The Morgan fingerprint density at radius 2 is 1.87 bits per heavy atom. The largest absolute Gasteiger partial charge is 0.379 e. The summed E-state index contributed by atoms with van der Waals surface area (Å²) in [5, 5.41) is 6.78. The number of carbonyl (C=O) groups excluding carboxylic acids is 1. The van der Waals surface area contributed by atoms with Gasteiger partial charge in [-0.25, -0.2) is 0 Å². The number of aliphatic imine (C=N–C) groups is 1. The molecule has 0 aromatic carbocycles. The molecule has 1 saturated carbocycles. The first-order valence-electron chi connectivity index (χ1n) is 12.3. The summed E-state index contributed by atoms with van der Waals surface area (Å²) in [6, 6.07) is 0. The van der Waals surface area contributed by atoms with Crippen LogP contribution in [0.2, 0.25) is 0 Å². The molecule has 0 spiro atoms. The van der Waals surface area contributed by atoms with Gasteiger partial charge in [-0.2, -0.15) is 0 Å². The first-order chi connectivity index (χ1) is 14.6. The van der Waals surface area contributed by atoms with Crippen molar-refractivity contribution >= 4 is 11.9 Å². The molecule has 0 aromatic rings. The Hall–Kier alpha value is -1.34. The maximum Gasteiger partial charge on any atom is 0.224 e. The molecule has 2 saturated heterocycles. The number of likely N-dealkylation sites (tertiary alicyclic amines) is 1. The third-order valence-electron chi connectivity index (χ3n) is 6.98. The van der Waals surface area contributed by atoms with Crippen molar-refractivity contribution in [1.82, 2.24) is 20.4 Å². The zero-order chi connectivity index (χ0) is 21.2. The Bertz CT molecular complexity index is 556. The van der Waals surface area contributed by atoms with Gasteiger partial charge in [0.05, 0.1) is 19.8 Å². The number of guanidine groups is 1. The van der Waals surface area contributed by atoms with Gasteiger partial charge in [0.2, 0.25) is 5.91 Å². The van der Waals surface area contributed by atoms with Crippen LogP contribution in [0.15, 0.2) is 4.99 Å². The van der Waals surface area contributed by atoms with Gasteiger partial charge in [-0.05, 0) is 38.5 Å². The number of amides is 1. The van der Waals surface area contributed by atoms with E-state index >= 15 is 0 Å². The summed E-state index contributed by atoms with van der Waals surface area (Å²) in [6.45, 7) is 12.1. The average Bonchev–Trinajstić information content (AvgIpc) is 2.78. The molecule has 2 heterocycles. The molecule has 1 atom stereocenters. The van der Waals surface area contributed by atoms with Crippen molar-refractivity contribution in [2.45, 2.75) is 70.8 Å². The highest BCUT2D eigenvalue weighted by atomic mass is 16.5. The number of piperidine rings is 1. The van der Waals surface area contributed by atoms with E-state index in [0.29, 0.717) is 18.9 Å². The van der Waals surface area contributed by atoms with E-state index in [-0.39, 0.29) is 11.4 Å². The lowest BCUT2D eigenvalue weighted by molar-refractivity contribution is -0.132. The number of hydrogen-bond donors (Lipinski definition) is 2. The summed E-state index contributed by atoms with van der Waals surface area (Å²) < 4.78 is 5.59. The lowest BCUT2D eigenvalue weighted by Crippen LogP contribution is -2.56. The van der Waals surface area contributed by atoms with E-state index in [1.807, 2.05) is 4.90 Å². The van der Waals surface area contributed by atoms with Crippen LogP contribution < -0.4 is 10.6 Å². The standard InChI is InChI=1S/C23H43N5O2/c1-3-24-22(25-12-9-21(29)27-13-7-8-20(2)18-27)26-19-23(10-5-4-6-11-23)28-14-16-30-17-15-28/h20H,3-19H2,1-2H3,(H2,24,25,26). The molecule has 1 aliphatic carbocycles. The molecule has 7 nitrogen and oxygen atoms in total. The zero-order valence-electron chi connectivity index (χ0n) is 19.3. The molecule has 0 bridgehead atoms. The molecular formula is C23H43N5O2. The number of nitrogens with zero attached hydrogens (tertiary/aromatic N) is 3. The zero-order valence-corrected chi connectivity index (χ0v) is 19.3. The van der Waals surface area contributed by atoms with Gasteiger partial charge < -0.3 is 20.3 Å². The second kappa shape index (κ2) is 11.9. The van der Waals surface area contributed by atoms with Crippen molar-refractivity contribution in [3.63, 3.8) is 0 Å². The van der Waals surface area contributed by atoms with Crippen molar-refractivity contribution < 1.29 is 9.53 Å². The maximum absolute atomic E-state index is 12.6. The molecule has 3 aliphatic rings. The van der Waals surface area contributed by atoms with Crippen LogP contribution in [0, 0.1) is 5.92 Å². The first-order valence-corrected chi connectivity index (χ1v) is 12.3. The van der Waals surface area contributed by atoms with Crippen LogP contribution in [0.3, 0.4) is 0 Å². The summed E-state index contributed by atoms with van der Waals surface area (Å²) in [5.41, 5.74) is 0.171. The molecule has 3 fully saturated rings. The summed E-state index contributed by atoms with van der Waals surface area (Å²) in [6.07, 6.45) is 9.28. The number of hydrogen-bond acceptors (Lipinski definition) is 4. The third kappa shape index (κ3) is 6.58. The first kappa shape index (κ1) is 23.3.